The van der Waals surface area contributed by atoms with Gasteiger partial charge >= 0.3 is 6.09 Å². The van der Waals surface area contributed by atoms with Gasteiger partial charge in [0.2, 0.25) is 11.8 Å². The van der Waals surface area contributed by atoms with Crippen LogP contribution in [0.3, 0.4) is 0 Å². The maximum atomic E-state index is 12.5. The van der Waals surface area contributed by atoms with Crippen molar-refractivity contribution in [3.63, 3.8) is 0 Å². The topological polar surface area (TPSA) is 88.2 Å². The van der Waals surface area contributed by atoms with Crippen LogP contribution in [-0.4, -0.2) is 67.6 Å². The predicted molar refractivity (Wildman–Crippen MR) is 97.1 cm³/mol. The van der Waals surface area contributed by atoms with E-state index < -0.39 is 0 Å². The number of nitrogens with one attached hydrogen (secondary N) is 1. The second-order valence-corrected chi connectivity index (χ2v) is 6.75. The van der Waals surface area contributed by atoms with Gasteiger partial charge in [0.15, 0.2) is 0 Å². The van der Waals surface area contributed by atoms with Crippen LogP contribution in [0.15, 0.2) is 24.3 Å². The lowest BCUT2D eigenvalue weighted by Gasteiger charge is -2.32. The number of likely N-dealkylation sites (tertiary alicyclic amines) is 1. The van der Waals surface area contributed by atoms with Crippen molar-refractivity contribution in [2.75, 3.05) is 39.9 Å². The van der Waals surface area contributed by atoms with Crippen LogP contribution < -0.4 is 10.1 Å². The average molecular weight is 375 g/mol. The fraction of sp³-hybridized carbons (Fsp3) is 0.526. The van der Waals surface area contributed by atoms with E-state index in [4.69, 9.17) is 9.47 Å². The van der Waals surface area contributed by atoms with Gasteiger partial charge in [0, 0.05) is 32.6 Å². The summed E-state index contributed by atoms with van der Waals surface area (Å²) in [6.07, 6.45) is 0.572. The molecule has 8 nitrogen and oxygen atoms in total. The molecule has 0 unspecified atom stereocenters. The second kappa shape index (κ2) is 8.75. The van der Waals surface area contributed by atoms with Gasteiger partial charge < -0.3 is 24.6 Å². The fourth-order valence-electron chi connectivity index (χ4n) is 3.36. The Kier molecular flexibility index (Phi) is 6.16. The molecule has 1 aromatic carbocycles. The molecule has 1 N–H and O–H groups in total. The van der Waals surface area contributed by atoms with Crippen molar-refractivity contribution in [1.82, 2.24) is 15.1 Å². The number of ether oxygens (including phenoxy) is 2. The molecule has 2 fully saturated rings. The zero-order valence-corrected chi connectivity index (χ0v) is 15.5. The summed E-state index contributed by atoms with van der Waals surface area (Å²) in [7, 11) is 1.60. The van der Waals surface area contributed by atoms with Crippen LogP contribution in [0, 0.1) is 5.92 Å². The molecule has 0 aliphatic carbocycles. The summed E-state index contributed by atoms with van der Waals surface area (Å²) in [5, 5.41) is 2.87. The Morgan fingerprint density at radius 2 is 2.19 bits per heavy atom. The Morgan fingerprint density at radius 3 is 2.93 bits per heavy atom. The quantitative estimate of drug-likeness (QED) is 0.768. The number of carbonyl (C=O) groups excluding carboxylic acids is 3. The van der Waals surface area contributed by atoms with Crippen molar-refractivity contribution >= 4 is 17.9 Å². The molecule has 2 aliphatic heterocycles. The lowest BCUT2D eigenvalue weighted by molar-refractivity contribution is -0.138. The maximum absolute atomic E-state index is 12.5. The Bertz CT molecular complexity index is 708. The third-order valence-electron chi connectivity index (χ3n) is 4.90. The van der Waals surface area contributed by atoms with E-state index in [1.54, 1.807) is 16.9 Å². The summed E-state index contributed by atoms with van der Waals surface area (Å²) >= 11 is 0. The van der Waals surface area contributed by atoms with Gasteiger partial charge in [0.05, 0.1) is 19.6 Å². The summed E-state index contributed by atoms with van der Waals surface area (Å²) < 4.78 is 10.1. The first-order valence-corrected chi connectivity index (χ1v) is 9.17. The highest BCUT2D eigenvalue weighted by molar-refractivity contribution is 5.83. The maximum Gasteiger partial charge on any atom is 0.409 e. The van der Waals surface area contributed by atoms with Gasteiger partial charge in [-0.25, -0.2) is 4.79 Å². The number of hydrogen-bond acceptors (Lipinski definition) is 5. The normalized spacial score (nSPS) is 19.8. The highest BCUT2D eigenvalue weighted by Gasteiger charge is 2.30. The number of piperidine rings is 1. The molecule has 0 aromatic heterocycles. The number of hydrogen-bond donors (Lipinski definition) is 1. The average Bonchev–Trinajstić information content (AvgIpc) is 3.08. The summed E-state index contributed by atoms with van der Waals surface area (Å²) in [6, 6.07) is 7.57. The van der Waals surface area contributed by atoms with Gasteiger partial charge in [-0.05, 0) is 24.1 Å². The van der Waals surface area contributed by atoms with Crippen molar-refractivity contribution in [3.8, 4) is 5.75 Å². The van der Waals surface area contributed by atoms with E-state index in [1.807, 2.05) is 24.3 Å². The number of amides is 3. The smallest absolute Gasteiger partial charge is 0.409 e. The van der Waals surface area contributed by atoms with Crippen molar-refractivity contribution in [1.29, 1.82) is 0 Å². The Balaban J connectivity index is 1.50. The number of cyclic esters (lactones) is 1. The van der Waals surface area contributed by atoms with E-state index >= 15 is 0 Å². The Hall–Kier alpha value is -2.77. The van der Waals surface area contributed by atoms with Gasteiger partial charge in [-0.1, -0.05) is 12.1 Å². The van der Waals surface area contributed by atoms with Crippen LogP contribution in [0.25, 0.3) is 0 Å². The number of methoxy groups -OCH3 is 1. The molecule has 8 heteroatoms. The molecule has 3 amide bonds. The zero-order valence-electron chi connectivity index (χ0n) is 15.5. The van der Waals surface area contributed by atoms with E-state index in [0.29, 0.717) is 52.2 Å². The molecule has 2 saturated heterocycles. The molecular formula is C19H25N3O5. The van der Waals surface area contributed by atoms with E-state index in [2.05, 4.69) is 5.32 Å². The molecule has 146 valence electrons. The van der Waals surface area contributed by atoms with Gasteiger partial charge in [-0.2, -0.15) is 0 Å². The summed E-state index contributed by atoms with van der Waals surface area (Å²) in [5.74, 6) is 0.484. The van der Waals surface area contributed by atoms with Crippen molar-refractivity contribution in [2.24, 2.45) is 5.92 Å². The molecule has 2 heterocycles. The largest absolute Gasteiger partial charge is 0.497 e. The molecular weight excluding hydrogens is 350 g/mol. The van der Waals surface area contributed by atoms with E-state index in [9.17, 15) is 14.4 Å². The lowest BCUT2D eigenvalue weighted by Crippen LogP contribution is -2.46. The summed E-state index contributed by atoms with van der Waals surface area (Å²) in [4.78, 5) is 39.4. The zero-order chi connectivity index (χ0) is 19.2. The number of carbonyl (C=O) groups is 3. The minimum atomic E-state index is -0.336. The summed E-state index contributed by atoms with van der Waals surface area (Å²) in [6.45, 7) is 2.63. The van der Waals surface area contributed by atoms with Crippen molar-refractivity contribution in [2.45, 2.75) is 19.4 Å². The first kappa shape index (κ1) is 19.0. The third kappa shape index (κ3) is 4.90. The Morgan fingerprint density at radius 1 is 1.33 bits per heavy atom. The van der Waals surface area contributed by atoms with Gasteiger partial charge in [0.1, 0.15) is 12.4 Å². The second-order valence-electron chi connectivity index (χ2n) is 6.75. The van der Waals surface area contributed by atoms with Crippen LogP contribution in [0.1, 0.15) is 18.4 Å². The first-order chi connectivity index (χ1) is 13.1. The molecule has 3 rings (SSSR count). The third-order valence-corrected chi connectivity index (χ3v) is 4.90. The van der Waals surface area contributed by atoms with Crippen LogP contribution in [0.5, 0.6) is 5.75 Å². The number of nitrogens with zero attached hydrogens (tertiary/aromatic N) is 2. The highest BCUT2D eigenvalue weighted by Crippen LogP contribution is 2.21. The number of rotatable bonds is 7. The Labute approximate surface area is 158 Å². The lowest BCUT2D eigenvalue weighted by atomic mass is 9.96. The standard InChI is InChI=1S/C19H25N3O5/c1-26-16-4-2-3-14(11-16)12-22-13-15(5-6-17(22)23)18(24)20-7-8-21-9-10-27-19(21)25/h2-4,11,15H,5-10,12-13H2,1H3,(H,20,24)/t15-/m1/s1. The molecule has 27 heavy (non-hydrogen) atoms. The minimum Gasteiger partial charge on any atom is -0.497 e. The summed E-state index contributed by atoms with van der Waals surface area (Å²) in [5.41, 5.74) is 0.969. The highest BCUT2D eigenvalue weighted by atomic mass is 16.6. The molecule has 0 bridgehead atoms. The predicted octanol–water partition coefficient (Wildman–Crippen LogP) is 1.00. The number of benzene rings is 1. The molecule has 0 saturated carbocycles. The molecule has 1 aromatic rings. The van der Waals surface area contributed by atoms with Gasteiger partial charge in [-0.3, -0.25) is 9.59 Å². The monoisotopic (exact) mass is 375 g/mol. The van der Waals surface area contributed by atoms with E-state index in [0.717, 1.165) is 11.3 Å². The first-order valence-electron chi connectivity index (χ1n) is 9.17. The molecule has 0 radical (unpaired) electrons. The van der Waals surface area contributed by atoms with Gasteiger partial charge in [-0.15, -0.1) is 0 Å². The molecule has 1 atom stereocenters. The van der Waals surface area contributed by atoms with Crippen LogP contribution in [0.2, 0.25) is 0 Å². The van der Waals surface area contributed by atoms with Crippen LogP contribution in [-0.2, 0) is 20.9 Å². The van der Waals surface area contributed by atoms with Gasteiger partial charge in [0.25, 0.3) is 0 Å². The van der Waals surface area contributed by atoms with Crippen LogP contribution in [0.4, 0.5) is 4.79 Å². The van der Waals surface area contributed by atoms with Crippen molar-refractivity contribution in [3.05, 3.63) is 29.8 Å². The van der Waals surface area contributed by atoms with Crippen molar-refractivity contribution < 1.29 is 23.9 Å². The fourth-order valence-corrected chi connectivity index (χ4v) is 3.36. The minimum absolute atomic E-state index is 0.0571. The SMILES string of the molecule is COc1cccc(CN2C[C@H](C(=O)NCCN3CCOC3=O)CCC2=O)c1. The van der Waals surface area contributed by atoms with E-state index in [-0.39, 0.29) is 23.8 Å². The molecule has 2 aliphatic rings. The van der Waals surface area contributed by atoms with E-state index in [1.165, 1.54) is 0 Å². The molecule has 0 spiro atoms. The van der Waals surface area contributed by atoms with Crippen LogP contribution >= 0.6 is 0 Å².